The van der Waals surface area contributed by atoms with Gasteiger partial charge in [-0.2, -0.15) is 8.75 Å². The minimum Gasteiger partial charge on any atom is -0.357 e. The number of carbonyl (C=O) groups is 2. The average molecular weight is 504 g/mol. The van der Waals surface area contributed by atoms with Crippen LogP contribution in [0, 0.1) is 5.82 Å². The number of amides is 1. The van der Waals surface area contributed by atoms with Gasteiger partial charge in [-0.1, -0.05) is 35.5 Å². The molecule has 0 unspecified atom stereocenters. The number of nitrogens with one attached hydrogen (secondary N) is 1. The lowest BCUT2D eigenvalue weighted by molar-refractivity contribution is -0.126. The predicted octanol–water partition coefficient (Wildman–Crippen LogP) is 2.33. The number of rotatable bonds is 5. The molecule has 0 radical (unpaired) electrons. The topological polar surface area (TPSA) is 126 Å². The fourth-order valence-electron chi connectivity index (χ4n) is 4.32. The second-order valence-corrected chi connectivity index (χ2v) is 8.67. The van der Waals surface area contributed by atoms with Gasteiger partial charge in [0.2, 0.25) is 0 Å². The van der Waals surface area contributed by atoms with Crippen LogP contribution in [0.3, 0.4) is 0 Å². The second kappa shape index (κ2) is 8.92. The summed E-state index contributed by atoms with van der Waals surface area (Å²) < 4.78 is 25.0. The molecular formula is C23H18FN9O2S. The second-order valence-electron chi connectivity index (χ2n) is 8.14. The Labute approximate surface area is 207 Å². The molecule has 13 heteroatoms. The number of hydrogen-bond acceptors (Lipinski definition) is 9. The summed E-state index contributed by atoms with van der Waals surface area (Å²) in [5.74, 6) is -1.15. The largest absolute Gasteiger partial charge is 0.357 e. The summed E-state index contributed by atoms with van der Waals surface area (Å²) >= 11 is 1.14. The summed E-state index contributed by atoms with van der Waals surface area (Å²) in [4.78, 5) is 36.7. The highest BCUT2D eigenvalue weighted by atomic mass is 32.1. The lowest BCUT2D eigenvalue weighted by atomic mass is 10.1. The number of anilines is 1. The minimum atomic E-state index is -0.787. The van der Waals surface area contributed by atoms with E-state index in [2.05, 4.69) is 33.9 Å². The SMILES string of the molecule is O=C(C(=O)N1CCN(c2nsnc2-c2ccccc2)CC1)c1c[nH]c2c(-n3ccnn3)ncc(F)c12. The number of halogens is 1. The number of ketones is 1. The van der Waals surface area contributed by atoms with Gasteiger partial charge >= 0.3 is 0 Å². The highest BCUT2D eigenvalue weighted by Gasteiger charge is 2.31. The number of pyridine rings is 1. The van der Waals surface area contributed by atoms with E-state index in [1.54, 1.807) is 6.20 Å². The van der Waals surface area contributed by atoms with Crippen LogP contribution in [0.2, 0.25) is 0 Å². The van der Waals surface area contributed by atoms with E-state index < -0.39 is 17.5 Å². The van der Waals surface area contributed by atoms with Crippen molar-refractivity contribution in [2.24, 2.45) is 0 Å². The first-order chi connectivity index (χ1) is 17.6. The van der Waals surface area contributed by atoms with Gasteiger partial charge in [-0.25, -0.2) is 14.1 Å². The van der Waals surface area contributed by atoms with Crippen LogP contribution in [-0.2, 0) is 4.79 Å². The standard InChI is InChI=1S/C23H18FN9O2S/c24-16-13-26-21(33-7-6-27-30-33)19-17(16)15(12-25-19)20(34)23(35)32-10-8-31(9-11-32)22-18(28-36-29-22)14-4-2-1-3-5-14/h1-7,12-13,25H,8-11H2. The summed E-state index contributed by atoms with van der Waals surface area (Å²) in [5, 5.41) is 7.60. The summed E-state index contributed by atoms with van der Waals surface area (Å²) in [6.07, 6.45) is 5.34. The number of hydrogen-bond donors (Lipinski definition) is 1. The molecule has 11 nitrogen and oxygen atoms in total. The maximum atomic E-state index is 14.7. The van der Waals surface area contributed by atoms with Crippen molar-refractivity contribution in [1.82, 2.24) is 38.6 Å². The highest BCUT2D eigenvalue weighted by Crippen LogP contribution is 2.30. The molecule has 1 saturated heterocycles. The number of aromatic amines is 1. The van der Waals surface area contributed by atoms with Crippen molar-refractivity contribution in [3.63, 3.8) is 0 Å². The lowest BCUT2D eigenvalue weighted by Crippen LogP contribution is -2.50. The maximum Gasteiger partial charge on any atom is 0.295 e. The maximum absolute atomic E-state index is 14.7. The number of nitrogens with zero attached hydrogens (tertiary/aromatic N) is 8. The van der Waals surface area contributed by atoms with Gasteiger partial charge in [0, 0.05) is 37.9 Å². The van der Waals surface area contributed by atoms with Gasteiger partial charge in [-0.05, 0) is 0 Å². The Balaban J connectivity index is 1.21. The number of benzene rings is 1. The van der Waals surface area contributed by atoms with Crippen LogP contribution < -0.4 is 4.90 Å². The number of aromatic nitrogens is 7. The Morgan fingerprint density at radius 3 is 2.58 bits per heavy atom. The molecule has 1 amide bonds. The normalized spacial score (nSPS) is 13.9. The molecular weight excluding hydrogens is 485 g/mol. The van der Waals surface area contributed by atoms with Gasteiger partial charge in [0.05, 0.1) is 46.8 Å². The number of fused-ring (bicyclic) bond motifs is 1. The first kappa shape index (κ1) is 22.0. The van der Waals surface area contributed by atoms with E-state index in [0.29, 0.717) is 26.2 Å². The molecule has 1 fully saturated rings. The fourth-order valence-corrected chi connectivity index (χ4v) is 4.91. The highest BCUT2D eigenvalue weighted by molar-refractivity contribution is 6.99. The molecule has 1 aliphatic rings. The Hall–Kier alpha value is -4.52. The van der Waals surface area contributed by atoms with E-state index in [0.717, 1.165) is 35.0 Å². The van der Waals surface area contributed by atoms with E-state index in [9.17, 15) is 14.0 Å². The molecule has 36 heavy (non-hydrogen) atoms. The monoisotopic (exact) mass is 503 g/mol. The molecule has 5 aromatic rings. The molecule has 0 saturated carbocycles. The van der Waals surface area contributed by atoms with Gasteiger partial charge in [0.25, 0.3) is 11.7 Å². The Morgan fingerprint density at radius 1 is 1.03 bits per heavy atom. The van der Waals surface area contributed by atoms with Crippen LogP contribution in [0.25, 0.3) is 28.0 Å². The first-order valence-electron chi connectivity index (χ1n) is 11.1. The zero-order chi connectivity index (χ0) is 24.6. The van der Waals surface area contributed by atoms with Crippen molar-refractivity contribution >= 4 is 40.1 Å². The third-order valence-corrected chi connectivity index (χ3v) is 6.62. The smallest absolute Gasteiger partial charge is 0.295 e. The van der Waals surface area contributed by atoms with Gasteiger partial charge in [0.15, 0.2) is 17.5 Å². The summed E-state index contributed by atoms with van der Waals surface area (Å²) in [6, 6.07) is 9.78. The first-order valence-corrected chi connectivity index (χ1v) is 11.8. The van der Waals surface area contributed by atoms with E-state index in [-0.39, 0.29) is 22.3 Å². The van der Waals surface area contributed by atoms with Crippen molar-refractivity contribution in [2.45, 2.75) is 0 Å². The molecule has 5 heterocycles. The molecule has 1 N–H and O–H groups in total. The van der Waals surface area contributed by atoms with Crippen molar-refractivity contribution in [3.8, 4) is 17.1 Å². The van der Waals surface area contributed by atoms with Crippen molar-refractivity contribution in [1.29, 1.82) is 0 Å². The Kier molecular flexibility index (Phi) is 5.45. The molecule has 0 atom stereocenters. The van der Waals surface area contributed by atoms with Gasteiger partial charge in [-0.3, -0.25) is 9.59 Å². The Morgan fingerprint density at radius 2 is 1.83 bits per heavy atom. The summed E-state index contributed by atoms with van der Waals surface area (Å²) in [7, 11) is 0. The van der Waals surface area contributed by atoms with Gasteiger partial charge in [-0.15, -0.1) is 5.10 Å². The van der Waals surface area contributed by atoms with Crippen molar-refractivity contribution < 1.29 is 14.0 Å². The fraction of sp³-hybridized carbons (Fsp3) is 0.174. The number of Topliss-reactive ketones (excluding diaryl/α,β-unsaturated/α-hetero) is 1. The average Bonchev–Trinajstić information content (AvgIpc) is 3.70. The molecule has 0 bridgehead atoms. The molecule has 4 aromatic heterocycles. The van der Waals surface area contributed by atoms with Gasteiger partial charge < -0.3 is 14.8 Å². The zero-order valence-electron chi connectivity index (χ0n) is 18.7. The number of carbonyl (C=O) groups excluding carboxylic acids is 2. The van der Waals surface area contributed by atoms with Crippen LogP contribution in [0.4, 0.5) is 10.2 Å². The molecule has 1 aromatic carbocycles. The Bertz CT molecular complexity index is 1560. The molecule has 6 rings (SSSR count). The number of piperazine rings is 1. The van der Waals surface area contributed by atoms with Gasteiger partial charge in [0.1, 0.15) is 5.69 Å². The van der Waals surface area contributed by atoms with Crippen molar-refractivity contribution in [2.75, 3.05) is 31.1 Å². The van der Waals surface area contributed by atoms with Crippen LogP contribution >= 0.6 is 11.7 Å². The predicted molar refractivity (Wildman–Crippen MR) is 129 cm³/mol. The zero-order valence-corrected chi connectivity index (χ0v) is 19.5. The molecule has 1 aliphatic heterocycles. The molecule has 0 spiro atoms. The van der Waals surface area contributed by atoms with E-state index in [1.165, 1.54) is 22.0 Å². The number of H-pyrrole nitrogens is 1. The van der Waals surface area contributed by atoms with Crippen LogP contribution in [0.5, 0.6) is 0 Å². The third kappa shape index (κ3) is 3.69. The van der Waals surface area contributed by atoms with Crippen LogP contribution in [-0.4, -0.2) is 76.5 Å². The molecule has 0 aliphatic carbocycles. The van der Waals surface area contributed by atoms with Crippen molar-refractivity contribution in [3.05, 3.63) is 66.5 Å². The lowest BCUT2D eigenvalue weighted by Gasteiger charge is -2.34. The van der Waals surface area contributed by atoms with E-state index >= 15 is 0 Å². The van der Waals surface area contributed by atoms with E-state index in [4.69, 9.17) is 0 Å². The minimum absolute atomic E-state index is 0.00598. The third-order valence-electron chi connectivity index (χ3n) is 6.11. The van der Waals surface area contributed by atoms with Crippen LogP contribution in [0.15, 0.2) is 55.1 Å². The summed E-state index contributed by atoms with van der Waals surface area (Å²) in [5.41, 5.74) is 1.97. The molecule has 180 valence electrons. The quantitative estimate of drug-likeness (QED) is 0.286. The van der Waals surface area contributed by atoms with E-state index in [1.807, 2.05) is 30.3 Å². The summed E-state index contributed by atoms with van der Waals surface area (Å²) in [6.45, 7) is 1.64. The van der Waals surface area contributed by atoms with Crippen LogP contribution in [0.1, 0.15) is 10.4 Å².